The molecule has 21 heavy (non-hydrogen) atoms. The summed E-state index contributed by atoms with van der Waals surface area (Å²) in [5.41, 5.74) is 6.57. The molecule has 0 aliphatic rings. The molecule has 3 aromatic rings. The lowest BCUT2D eigenvalue weighted by molar-refractivity contribution is 0.548. The number of hydrazine groups is 1. The minimum absolute atomic E-state index is 0.109. The number of thiophene rings is 1. The summed E-state index contributed by atoms with van der Waals surface area (Å²) >= 11 is 1.76. The molecule has 0 bridgehead atoms. The quantitative estimate of drug-likeness (QED) is 0.562. The van der Waals surface area contributed by atoms with Gasteiger partial charge in [-0.05, 0) is 29.5 Å². The van der Waals surface area contributed by atoms with Crippen molar-refractivity contribution in [1.29, 1.82) is 0 Å². The summed E-state index contributed by atoms with van der Waals surface area (Å²) in [6.07, 6.45) is 1.82. The van der Waals surface area contributed by atoms with E-state index in [2.05, 4.69) is 47.1 Å². The Balaban J connectivity index is 1.96. The second-order valence-corrected chi connectivity index (χ2v) is 6.12. The number of rotatable bonds is 5. The van der Waals surface area contributed by atoms with Gasteiger partial charge in [0.25, 0.3) is 0 Å². The maximum absolute atomic E-state index is 5.81. The van der Waals surface area contributed by atoms with Crippen molar-refractivity contribution in [2.45, 2.75) is 25.8 Å². The predicted octanol–water partition coefficient (Wildman–Crippen LogP) is 2.94. The van der Waals surface area contributed by atoms with E-state index in [0.29, 0.717) is 0 Å². The normalized spacial score (nSPS) is 12.9. The second-order valence-electron chi connectivity index (χ2n) is 5.17. The fraction of sp³-hybridized carbons (Fsp3) is 0.312. The van der Waals surface area contributed by atoms with Gasteiger partial charge in [-0.3, -0.25) is 16.0 Å². The molecule has 4 nitrogen and oxygen atoms in total. The van der Waals surface area contributed by atoms with Gasteiger partial charge in [-0.15, -0.1) is 11.3 Å². The lowest BCUT2D eigenvalue weighted by atomic mass is 10.0. The highest BCUT2D eigenvalue weighted by Crippen LogP contribution is 2.29. The zero-order chi connectivity index (χ0) is 14.8. The van der Waals surface area contributed by atoms with Crippen LogP contribution in [0.2, 0.25) is 0 Å². The van der Waals surface area contributed by atoms with Crippen molar-refractivity contribution >= 4 is 22.2 Å². The average molecular weight is 300 g/mol. The Kier molecular flexibility index (Phi) is 4.05. The first-order valence-electron chi connectivity index (χ1n) is 7.17. The van der Waals surface area contributed by atoms with E-state index in [1.165, 1.54) is 15.8 Å². The van der Waals surface area contributed by atoms with Gasteiger partial charge >= 0.3 is 0 Å². The van der Waals surface area contributed by atoms with Crippen LogP contribution in [0.25, 0.3) is 10.9 Å². The Labute approximate surface area is 128 Å². The van der Waals surface area contributed by atoms with Crippen molar-refractivity contribution in [1.82, 2.24) is 15.2 Å². The standard InChI is InChI=1S/C16H20N4S/c1-3-11-8-9-21-16(11)14(18-17)10-13-12-6-4-5-7-15(12)20(2)19-13/h4-9,14,18H,3,10,17H2,1-2H3. The van der Waals surface area contributed by atoms with Crippen LogP contribution in [0.3, 0.4) is 0 Å². The molecule has 5 heteroatoms. The minimum atomic E-state index is 0.109. The first-order chi connectivity index (χ1) is 10.2. The van der Waals surface area contributed by atoms with Crippen LogP contribution in [0, 0.1) is 0 Å². The number of aromatic nitrogens is 2. The van der Waals surface area contributed by atoms with Crippen LogP contribution in [0.1, 0.15) is 29.1 Å². The molecule has 0 fully saturated rings. The van der Waals surface area contributed by atoms with Gasteiger partial charge in [0.05, 0.1) is 17.3 Å². The third-order valence-corrected chi connectivity index (χ3v) is 4.98. The van der Waals surface area contributed by atoms with Gasteiger partial charge in [-0.25, -0.2) is 0 Å². The van der Waals surface area contributed by atoms with Crippen LogP contribution in [-0.2, 0) is 19.9 Å². The van der Waals surface area contributed by atoms with Crippen molar-refractivity contribution < 1.29 is 0 Å². The second kappa shape index (κ2) is 5.97. The molecule has 0 spiro atoms. The third-order valence-electron chi connectivity index (χ3n) is 3.91. The van der Waals surface area contributed by atoms with E-state index in [0.717, 1.165) is 24.1 Å². The van der Waals surface area contributed by atoms with Crippen molar-refractivity contribution in [2.75, 3.05) is 0 Å². The molecule has 1 atom stereocenters. The molecule has 0 saturated carbocycles. The fourth-order valence-corrected chi connectivity index (χ4v) is 3.86. The summed E-state index contributed by atoms with van der Waals surface area (Å²) in [6.45, 7) is 2.18. The van der Waals surface area contributed by atoms with Gasteiger partial charge in [0.1, 0.15) is 0 Å². The topological polar surface area (TPSA) is 55.9 Å². The van der Waals surface area contributed by atoms with Crippen molar-refractivity contribution in [2.24, 2.45) is 12.9 Å². The predicted molar refractivity (Wildman–Crippen MR) is 88.2 cm³/mol. The summed E-state index contributed by atoms with van der Waals surface area (Å²) in [5.74, 6) is 5.81. The Morgan fingerprint density at radius 2 is 2.14 bits per heavy atom. The third kappa shape index (κ3) is 2.60. The summed E-state index contributed by atoms with van der Waals surface area (Å²) in [7, 11) is 1.99. The summed E-state index contributed by atoms with van der Waals surface area (Å²) in [5, 5.41) is 8.01. The largest absolute Gasteiger partial charge is 0.271 e. The van der Waals surface area contributed by atoms with Crippen LogP contribution in [0.5, 0.6) is 0 Å². The number of nitrogens with zero attached hydrogens (tertiary/aromatic N) is 2. The molecular weight excluding hydrogens is 280 g/mol. The number of para-hydroxylation sites is 1. The Morgan fingerprint density at radius 3 is 2.90 bits per heavy atom. The van der Waals surface area contributed by atoms with Crippen LogP contribution in [-0.4, -0.2) is 9.78 Å². The first kappa shape index (κ1) is 14.3. The fourth-order valence-electron chi connectivity index (χ4n) is 2.81. The van der Waals surface area contributed by atoms with E-state index in [9.17, 15) is 0 Å². The summed E-state index contributed by atoms with van der Waals surface area (Å²) in [6, 6.07) is 10.6. The molecule has 1 aromatic carbocycles. The minimum Gasteiger partial charge on any atom is -0.271 e. The number of benzene rings is 1. The maximum atomic E-state index is 5.81. The van der Waals surface area contributed by atoms with Gasteiger partial charge in [-0.2, -0.15) is 5.10 Å². The molecule has 0 aliphatic carbocycles. The molecule has 2 aromatic heterocycles. The number of fused-ring (bicyclic) bond motifs is 1. The highest BCUT2D eigenvalue weighted by Gasteiger charge is 2.18. The number of nitrogens with one attached hydrogen (secondary N) is 1. The molecule has 3 rings (SSSR count). The van der Waals surface area contributed by atoms with E-state index >= 15 is 0 Å². The van der Waals surface area contributed by atoms with Crippen LogP contribution >= 0.6 is 11.3 Å². The van der Waals surface area contributed by atoms with Crippen LogP contribution < -0.4 is 11.3 Å². The van der Waals surface area contributed by atoms with E-state index in [4.69, 9.17) is 5.84 Å². The number of aryl methyl sites for hydroxylation is 2. The zero-order valence-electron chi connectivity index (χ0n) is 12.3. The van der Waals surface area contributed by atoms with Gasteiger partial charge in [0.15, 0.2) is 0 Å². The monoisotopic (exact) mass is 300 g/mol. The SMILES string of the molecule is CCc1ccsc1C(Cc1nn(C)c2ccccc12)NN. The van der Waals surface area contributed by atoms with Crippen molar-refractivity contribution in [3.05, 3.63) is 51.8 Å². The van der Waals surface area contributed by atoms with Gasteiger partial charge in [0.2, 0.25) is 0 Å². The molecular formula is C16H20N4S. The highest BCUT2D eigenvalue weighted by molar-refractivity contribution is 7.10. The lowest BCUT2D eigenvalue weighted by Crippen LogP contribution is -2.29. The number of hydrogen-bond donors (Lipinski definition) is 2. The summed E-state index contributed by atoms with van der Waals surface area (Å²) in [4.78, 5) is 1.31. The van der Waals surface area contributed by atoms with Gasteiger partial charge in [-0.1, -0.05) is 25.1 Å². The van der Waals surface area contributed by atoms with Crippen LogP contribution in [0.15, 0.2) is 35.7 Å². The van der Waals surface area contributed by atoms with Crippen LogP contribution in [0.4, 0.5) is 0 Å². The zero-order valence-corrected chi connectivity index (χ0v) is 13.2. The van der Waals surface area contributed by atoms with E-state index in [1.54, 1.807) is 11.3 Å². The molecule has 2 heterocycles. The van der Waals surface area contributed by atoms with Gasteiger partial charge < -0.3 is 0 Å². The Bertz CT molecular complexity index is 744. The molecule has 0 saturated heterocycles. The van der Waals surface area contributed by atoms with E-state index < -0.39 is 0 Å². The van der Waals surface area contributed by atoms with Crippen molar-refractivity contribution in [3.63, 3.8) is 0 Å². The van der Waals surface area contributed by atoms with E-state index in [1.807, 2.05) is 17.8 Å². The van der Waals surface area contributed by atoms with Crippen molar-refractivity contribution in [3.8, 4) is 0 Å². The molecule has 0 aliphatic heterocycles. The molecule has 0 radical (unpaired) electrons. The average Bonchev–Trinajstić information content (AvgIpc) is 3.10. The van der Waals surface area contributed by atoms with Gasteiger partial charge in [0, 0.05) is 23.7 Å². The van der Waals surface area contributed by atoms with E-state index in [-0.39, 0.29) is 6.04 Å². The maximum Gasteiger partial charge on any atom is 0.0723 e. The number of nitrogens with two attached hydrogens (primary N) is 1. The first-order valence-corrected chi connectivity index (χ1v) is 8.05. The summed E-state index contributed by atoms with van der Waals surface area (Å²) < 4.78 is 1.94. The smallest absolute Gasteiger partial charge is 0.0723 e. The molecule has 1 unspecified atom stereocenters. The Hall–Kier alpha value is -1.69. The lowest BCUT2D eigenvalue weighted by Gasteiger charge is -2.15. The number of hydrogen-bond acceptors (Lipinski definition) is 4. The highest BCUT2D eigenvalue weighted by atomic mass is 32.1. The molecule has 3 N–H and O–H groups in total. The molecule has 110 valence electrons. The molecule has 0 amide bonds. The Morgan fingerprint density at radius 1 is 1.33 bits per heavy atom.